The van der Waals surface area contributed by atoms with Crippen molar-refractivity contribution in [3.8, 4) is 0 Å². The molecule has 20 heavy (non-hydrogen) atoms. The van der Waals surface area contributed by atoms with Crippen LogP contribution in [0.1, 0.15) is 62.6 Å². The van der Waals surface area contributed by atoms with E-state index in [-0.39, 0.29) is 11.9 Å². The van der Waals surface area contributed by atoms with E-state index >= 15 is 0 Å². The first-order valence-corrected chi connectivity index (χ1v) is 7.78. The molecule has 0 fully saturated rings. The van der Waals surface area contributed by atoms with Gasteiger partial charge in [0.05, 0.1) is 0 Å². The summed E-state index contributed by atoms with van der Waals surface area (Å²) >= 11 is 0. The molecule has 0 spiro atoms. The van der Waals surface area contributed by atoms with Gasteiger partial charge in [-0.05, 0) is 62.4 Å². The standard InChI is InChI=1S/C18H28FN/c1-4-6-7-8-9-10-18(20-11-5-2)16-12-15(3)13-17(19)14-16/h4,12-14,18,20H,1,5-11H2,2-3H3. The third kappa shape index (κ3) is 6.33. The largest absolute Gasteiger partial charge is 0.310 e. The quantitative estimate of drug-likeness (QED) is 0.451. The van der Waals surface area contributed by atoms with Crippen molar-refractivity contribution in [3.63, 3.8) is 0 Å². The van der Waals surface area contributed by atoms with Crippen LogP contribution in [0.15, 0.2) is 30.9 Å². The van der Waals surface area contributed by atoms with E-state index < -0.39 is 0 Å². The molecule has 112 valence electrons. The second kappa shape index (κ2) is 9.71. The van der Waals surface area contributed by atoms with Crippen LogP contribution in [0.3, 0.4) is 0 Å². The molecule has 0 saturated heterocycles. The molecule has 0 amide bonds. The van der Waals surface area contributed by atoms with Gasteiger partial charge < -0.3 is 5.32 Å². The van der Waals surface area contributed by atoms with E-state index in [2.05, 4.69) is 24.9 Å². The summed E-state index contributed by atoms with van der Waals surface area (Å²) in [6.07, 6.45) is 8.82. The monoisotopic (exact) mass is 277 g/mol. The highest BCUT2D eigenvalue weighted by molar-refractivity contribution is 5.26. The molecule has 1 aromatic rings. The van der Waals surface area contributed by atoms with Crippen molar-refractivity contribution >= 4 is 0 Å². The molecular formula is C18H28FN. The number of hydrogen-bond acceptors (Lipinski definition) is 1. The molecule has 1 N–H and O–H groups in total. The van der Waals surface area contributed by atoms with E-state index in [0.717, 1.165) is 36.9 Å². The molecule has 0 heterocycles. The Morgan fingerprint density at radius 3 is 2.70 bits per heavy atom. The zero-order valence-electron chi connectivity index (χ0n) is 12.9. The van der Waals surface area contributed by atoms with Gasteiger partial charge in [-0.25, -0.2) is 4.39 Å². The van der Waals surface area contributed by atoms with Crippen LogP contribution >= 0.6 is 0 Å². The van der Waals surface area contributed by atoms with Gasteiger partial charge in [0.25, 0.3) is 0 Å². The van der Waals surface area contributed by atoms with Crippen LogP contribution in [0.2, 0.25) is 0 Å². The third-order valence-electron chi connectivity index (χ3n) is 3.51. The molecule has 0 saturated carbocycles. The van der Waals surface area contributed by atoms with Crippen molar-refractivity contribution in [3.05, 3.63) is 47.8 Å². The minimum absolute atomic E-state index is 0.130. The Balaban J connectivity index is 2.60. The average Bonchev–Trinajstić information content (AvgIpc) is 2.40. The molecule has 0 radical (unpaired) electrons. The number of aryl methyl sites for hydroxylation is 1. The van der Waals surface area contributed by atoms with Gasteiger partial charge in [0.15, 0.2) is 0 Å². The van der Waals surface area contributed by atoms with Crippen LogP contribution in [-0.2, 0) is 0 Å². The van der Waals surface area contributed by atoms with E-state index in [1.54, 1.807) is 12.1 Å². The van der Waals surface area contributed by atoms with Gasteiger partial charge in [0.1, 0.15) is 5.82 Å². The summed E-state index contributed by atoms with van der Waals surface area (Å²) < 4.78 is 13.6. The molecule has 0 aliphatic carbocycles. The fourth-order valence-corrected chi connectivity index (χ4v) is 2.48. The van der Waals surface area contributed by atoms with Crippen LogP contribution < -0.4 is 5.32 Å². The predicted molar refractivity (Wildman–Crippen MR) is 85.5 cm³/mol. The lowest BCUT2D eigenvalue weighted by atomic mass is 9.98. The maximum absolute atomic E-state index is 13.6. The Hall–Kier alpha value is -1.15. The van der Waals surface area contributed by atoms with Crippen LogP contribution in [-0.4, -0.2) is 6.54 Å². The number of benzene rings is 1. The molecule has 1 rings (SSSR count). The van der Waals surface area contributed by atoms with E-state index in [9.17, 15) is 4.39 Å². The molecular weight excluding hydrogens is 249 g/mol. The minimum atomic E-state index is -0.130. The molecule has 0 aliphatic heterocycles. The molecule has 1 unspecified atom stereocenters. The Morgan fingerprint density at radius 1 is 1.25 bits per heavy atom. The van der Waals surface area contributed by atoms with Crippen molar-refractivity contribution in [2.24, 2.45) is 0 Å². The summed E-state index contributed by atoms with van der Waals surface area (Å²) in [4.78, 5) is 0. The number of halogens is 1. The Morgan fingerprint density at radius 2 is 2.05 bits per heavy atom. The van der Waals surface area contributed by atoms with E-state index in [0.29, 0.717) is 0 Å². The number of unbranched alkanes of at least 4 members (excludes halogenated alkanes) is 3. The third-order valence-corrected chi connectivity index (χ3v) is 3.51. The second-order valence-electron chi connectivity index (χ2n) is 5.50. The topological polar surface area (TPSA) is 12.0 Å². The molecule has 1 aromatic carbocycles. The lowest BCUT2D eigenvalue weighted by Crippen LogP contribution is -2.22. The number of allylic oxidation sites excluding steroid dienone is 1. The van der Waals surface area contributed by atoms with Gasteiger partial charge in [-0.1, -0.05) is 31.9 Å². The second-order valence-corrected chi connectivity index (χ2v) is 5.50. The number of hydrogen-bond donors (Lipinski definition) is 1. The van der Waals surface area contributed by atoms with Crippen molar-refractivity contribution < 1.29 is 4.39 Å². The van der Waals surface area contributed by atoms with Gasteiger partial charge in [0, 0.05) is 6.04 Å². The summed E-state index contributed by atoms with van der Waals surface area (Å²) in [5, 5.41) is 3.54. The fraction of sp³-hybridized carbons (Fsp3) is 0.556. The Bertz CT molecular complexity index is 380. The summed E-state index contributed by atoms with van der Waals surface area (Å²) in [6, 6.07) is 5.63. The smallest absolute Gasteiger partial charge is 0.123 e. The molecule has 1 nitrogen and oxygen atoms in total. The van der Waals surface area contributed by atoms with Crippen molar-refractivity contribution in [2.45, 2.75) is 58.4 Å². The lowest BCUT2D eigenvalue weighted by Gasteiger charge is -2.19. The van der Waals surface area contributed by atoms with Crippen molar-refractivity contribution in [1.29, 1.82) is 0 Å². The first kappa shape index (κ1) is 16.9. The fourth-order valence-electron chi connectivity index (χ4n) is 2.48. The van der Waals surface area contributed by atoms with Gasteiger partial charge in [-0.3, -0.25) is 0 Å². The number of rotatable bonds is 10. The highest BCUT2D eigenvalue weighted by Crippen LogP contribution is 2.22. The zero-order chi connectivity index (χ0) is 14.8. The van der Waals surface area contributed by atoms with Crippen molar-refractivity contribution in [2.75, 3.05) is 6.54 Å². The highest BCUT2D eigenvalue weighted by Gasteiger charge is 2.11. The summed E-state index contributed by atoms with van der Waals surface area (Å²) in [7, 11) is 0. The maximum Gasteiger partial charge on any atom is 0.123 e. The average molecular weight is 277 g/mol. The Labute approximate surface area is 123 Å². The molecule has 2 heteroatoms. The van der Waals surface area contributed by atoms with Crippen LogP contribution in [0.4, 0.5) is 4.39 Å². The zero-order valence-corrected chi connectivity index (χ0v) is 12.9. The van der Waals surface area contributed by atoms with Crippen molar-refractivity contribution in [1.82, 2.24) is 5.32 Å². The van der Waals surface area contributed by atoms with Crippen LogP contribution in [0, 0.1) is 12.7 Å². The first-order chi connectivity index (χ1) is 9.67. The normalized spacial score (nSPS) is 12.3. The van der Waals surface area contributed by atoms with Crippen LogP contribution in [0.25, 0.3) is 0 Å². The van der Waals surface area contributed by atoms with E-state index in [4.69, 9.17) is 0 Å². The van der Waals surface area contributed by atoms with Crippen LogP contribution in [0.5, 0.6) is 0 Å². The van der Waals surface area contributed by atoms with Gasteiger partial charge in [-0.15, -0.1) is 6.58 Å². The van der Waals surface area contributed by atoms with Gasteiger partial charge in [-0.2, -0.15) is 0 Å². The molecule has 0 aliphatic rings. The maximum atomic E-state index is 13.6. The predicted octanol–water partition coefficient (Wildman–Crippen LogP) is 5.31. The number of nitrogens with one attached hydrogen (secondary N) is 1. The van der Waals surface area contributed by atoms with Gasteiger partial charge in [0.2, 0.25) is 0 Å². The molecule has 0 bridgehead atoms. The molecule has 1 atom stereocenters. The summed E-state index contributed by atoms with van der Waals surface area (Å²) in [5.41, 5.74) is 2.08. The Kier molecular flexibility index (Phi) is 8.20. The van der Waals surface area contributed by atoms with Gasteiger partial charge >= 0.3 is 0 Å². The highest BCUT2D eigenvalue weighted by atomic mass is 19.1. The van der Waals surface area contributed by atoms with E-state index in [1.807, 2.05) is 13.0 Å². The van der Waals surface area contributed by atoms with E-state index in [1.165, 1.54) is 19.3 Å². The SMILES string of the molecule is C=CCCCCCC(NCCC)c1cc(C)cc(F)c1. The minimum Gasteiger partial charge on any atom is -0.310 e. The molecule has 0 aromatic heterocycles. The summed E-state index contributed by atoms with van der Waals surface area (Å²) in [5.74, 6) is -0.130. The lowest BCUT2D eigenvalue weighted by molar-refractivity contribution is 0.469. The summed E-state index contributed by atoms with van der Waals surface area (Å²) in [6.45, 7) is 8.84. The first-order valence-electron chi connectivity index (χ1n) is 7.78.